The number of aromatic nitrogens is 2. The molecule has 7 aromatic carbocycles. The molecule has 0 spiro atoms. The van der Waals surface area contributed by atoms with E-state index >= 15 is 0 Å². The zero-order valence-corrected chi connectivity index (χ0v) is 35.3. The van der Waals surface area contributed by atoms with Crippen LogP contribution in [0.1, 0.15) is 30.9 Å². The Balaban J connectivity index is 0.000000154. The summed E-state index contributed by atoms with van der Waals surface area (Å²) in [5.41, 5.74) is 8.79. The lowest BCUT2D eigenvalue weighted by Gasteiger charge is -2.01. The summed E-state index contributed by atoms with van der Waals surface area (Å²) >= 11 is 5.16. The SMILES string of the molecule is Brc1ccc(-c2ccn[nH]2)cc1.CC(C)c1ccccc1.Cc1ccccc1.c1ccc(-c2ccccc2)cc1.c1ccc(-c2cccs2)cc1.c1ccccc1. The van der Waals surface area contributed by atoms with Crippen LogP contribution >= 0.6 is 27.3 Å². The molecule has 0 atom stereocenters. The lowest BCUT2D eigenvalue weighted by molar-refractivity contribution is 0.867. The van der Waals surface area contributed by atoms with Gasteiger partial charge in [-0.05, 0) is 70.3 Å². The molecule has 0 saturated carbocycles. The van der Waals surface area contributed by atoms with E-state index in [-0.39, 0.29) is 0 Å². The van der Waals surface area contributed by atoms with Crippen molar-refractivity contribution >= 4 is 27.3 Å². The molecule has 286 valence electrons. The predicted molar refractivity (Wildman–Crippen MR) is 252 cm³/mol. The Morgan fingerprint density at radius 1 is 0.439 bits per heavy atom. The van der Waals surface area contributed by atoms with E-state index in [1.54, 1.807) is 17.5 Å². The van der Waals surface area contributed by atoms with Crippen molar-refractivity contribution in [3.63, 3.8) is 0 Å². The van der Waals surface area contributed by atoms with Crippen LogP contribution in [0.2, 0.25) is 0 Å². The first-order valence-corrected chi connectivity index (χ1v) is 20.7. The van der Waals surface area contributed by atoms with Gasteiger partial charge in [-0.2, -0.15) is 5.10 Å². The highest BCUT2D eigenvalue weighted by Gasteiger charge is 1.97. The fourth-order valence-electron chi connectivity index (χ4n) is 5.11. The van der Waals surface area contributed by atoms with Crippen molar-refractivity contribution in [3.8, 4) is 32.8 Å². The number of aryl methyl sites for hydroxylation is 1. The first-order chi connectivity index (χ1) is 28.0. The molecule has 0 radical (unpaired) electrons. The maximum Gasteiger partial charge on any atom is 0.0650 e. The largest absolute Gasteiger partial charge is 0.278 e. The standard InChI is InChI=1S/C12H10.C10H8S.C9H7BrN2.C9H12.C7H8.C6H6/c1-3-7-11(8-4-1)12-9-5-2-6-10-12;1-2-5-9(6-3-1)10-7-4-8-11-10;10-8-3-1-7(2-4-8)9-5-6-11-12-9;1-8(2)9-6-4-3-5-7-9;1-7-5-3-2-4-6-7;1-2-4-6-5-3-1/h1-10H;1-8H;1-6H,(H,11,12);3-8H,1-2H3;2-6H,1H3;1-6H. The second kappa shape index (κ2) is 26.7. The van der Waals surface area contributed by atoms with Crippen LogP contribution in [0.5, 0.6) is 0 Å². The number of hydrogen-bond donors (Lipinski definition) is 1. The van der Waals surface area contributed by atoms with Crippen molar-refractivity contribution in [1.29, 1.82) is 0 Å². The highest BCUT2D eigenvalue weighted by molar-refractivity contribution is 9.10. The fourth-order valence-corrected chi connectivity index (χ4v) is 6.11. The van der Waals surface area contributed by atoms with E-state index in [1.807, 2.05) is 109 Å². The Morgan fingerprint density at radius 3 is 1.21 bits per heavy atom. The topological polar surface area (TPSA) is 28.7 Å². The predicted octanol–water partition coefficient (Wildman–Crippen LogP) is 16.1. The van der Waals surface area contributed by atoms with Crippen LogP contribution in [0.4, 0.5) is 0 Å². The summed E-state index contributed by atoms with van der Waals surface area (Å²) in [5.74, 6) is 0.659. The van der Waals surface area contributed by atoms with Crippen LogP contribution in [-0.4, -0.2) is 10.2 Å². The number of thiophene rings is 1. The molecule has 9 aromatic rings. The summed E-state index contributed by atoms with van der Waals surface area (Å²) in [4.78, 5) is 1.34. The van der Waals surface area contributed by atoms with Crippen LogP contribution in [0.3, 0.4) is 0 Å². The van der Waals surface area contributed by atoms with Crippen LogP contribution in [0.25, 0.3) is 32.8 Å². The quantitative estimate of drug-likeness (QED) is 0.188. The summed E-state index contributed by atoms with van der Waals surface area (Å²) in [6.45, 7) is 6.49. The molecule has 0 unspecified atom stereocenters. The molecule has 57 heavy (non-hydrogen) atoms. The van der Waals surface area contributed by atoms with E-state index in [0.29, 0.717) is 5.92 Å². The zero-order valence-electron chi connectivity index (χ0n) is 32.9. The van der Waals surface area contributed by atoms with Gasteiger partial charge in [0.2, 0.25) is 0 Å². The van der Waals surface area contributed by atoms with Crippen molar-refractivity contribution in [1.82, 2.24) is 10.2 Å². The van der Waals surface area contributed by atoms with Crippen molar-refractivity contribution in [2.75, 3.05) is 0 Å². The summed E-state index contributed by atoms with van der Waals surface area (Å²) in [6.07, 6.45) is 1.75. The molecule has 0 fully saturated rings. The van der Waals surface area contributed by atoms with Crippen LogP contribution in [0, 0.1) is 6.92 Å². The van der Waals surface area contributed by atoms with Gasteiger partial charge >= 0.3 is 0 Å². The maximum absolute atomic E-state index is 3.88. The maximum atomic E-state index is 3.88. The van der Waals surface area contributed by atoms with Gasteiger partial charge in [0.05, 0.1) is 5.69 Å². The van der Waals surface area contributed by atoms with Crippen molar-refractivity contribution in [2.24, 2.45) is 0 Å². The average molecular weight is 828 g/mol. The second-order valence-corrected chi connectivity index (χ2v) is 14.8. The van der Waals surface area contributed by atoms with E-state index in [2.05, 4.69) is 174 Å². The summed E-state index contributed by atoms with van der Waals surface area (Å²) in [5, 5.41) is 8.89. The number of rotatable bonds is 4. The normalized spacial score (nSPS) is 9.56. The van der Waals surface area contributed by atoms with Crippen LogP contribution in [-0.2, 0) is 0 Å². The summed E-state index contributed by atoms with van der Waals surface area (Å²) in [7, 11) is 0. The number of hydrogen-bond acceptors (Lipinski definition) is 2. The Bertz CT molecular complexity index is 2160. The molecule has 0 aliphatic carbocycles. The summed E-state index contributed by atoms with van der Waals surface area (Å²) in [6, 6.07) is 78.3. The highest BCUT2D eigenvalue weighted by Crippen LogP contribution is 2.23. The van der Waals surface area contributed by atoms with Gasteiger partial charge in [0.25, 0.3) is 0 Å². The van der Waals surface area contributed by atoms with E-state index in [4.69, 9.17) is 0 Å². The van der Waals surface area contributed by atoms with Crippen LogP contribution in [0.15, 0.2) is 247 Å². The van der Waals surface area contributed by atoms with E-state index in [9.17, 15) is 0 Å². The molecule has 1 N–H and O–H groups in total. The number of halogens is 1. The Labute approximate surface area is 352 Å². The average Bonchev–Trinajstić information content (AvgIpc) is 4.04. The number of H-pyrrole nitrogens is 1. The smallest absolute Gasteiger partial charge is 0.0650 e. The molecule has 0 aliphatic rings. The number of nitrogens with zero attached hydrogens (tertiary/aromatic N) is 1. The third-order valence-corrected chi connectivity index (χ3v) is 9.64. The molecule has 2 heterocycles. The first-order valence-electron chi connectivity index (χ1n) is 19.0. The van der Waals surface area contributed by atoms with Gasteiger partial charge in [-0.25, -0.2) is 0 Å². The Kier molecular flexibility index (Phi) is 20.4. The molecular weight excluding hydrogens is 777 g/mol. The van der Waals surface area contributed by atoms with Crippen molar-refractivity contribution < 1.29 is 0 Å². The molecule has 4 heteroatoms. The third-order valence-electron chi connectivity index (χ3n) is 8.19. The zero-order chi connectivity index (χ0) is 40.2. The lowest BCUT2D eigenvalue weighted by Crippen LogP contribution is -1.83. The van der Waals surface area contributed by atoms with Crippen molar-refractivity contribution in [2.45, 2.75) is 26.7 Å². The Hall–Kier alpha value is -6.07. The monoisotopic (exact) mass is 826 g/mol. The second-order valence-electron chi connectivity index (χ2n) is 12.9. The van der Waals surface area contributed by atoms with Crippen molar-refractivity contribution in [3.05, 3.63) is 258 Å². The highest BCUT2D eigenvalue weighted by atomic mass is 79.9. The minimum absolute atomic E-state index is 0.659. The van der Waals surface area contributed by atoms with Gasteiger partial charge in [0, 0.05) is 15.5 Å². The van der Waals surface area contributed by atoms with Gasteiger partial charge in [-0.3, -0.25) is 5.10 Å². The van der Waals surface area contributed by atoms with Gasteiger partial charge in [-0.15, -0.1) is 11.3 Å². The van der Waals surface area contributed by atoms with Gasteiger partial charge in [0.15, 0.2) is 0 Å². The van der Waals surface area contributed by atoms with Gasteiger partial charge < -0.3 is 0 Å². The fraction of sp³-hybridized carbons (Fsp3) is 0.0755. The minimum atomic E-state index is 0.659. The molecule has 0 amide bonds. The number of aromatic amines is 1. The molecule has 0 aliphatic heterocycles. The molecule has 2 nitrogen and oxygen atoms in total. The van der Waals surface area contributed by atoms with Crippen LogP contribution < -0.4 is 0 Å². The number of nitrogens with one attached hydrogen (secondary N) is 1. The minimum Gasteiger partial charge on any atom is -0.278 e. The van der Waals surface area contributed by atoms with E-state index in [0.717, 1.165) is 15.7 Å². The lowest BCUT2D eigenvalue weighted by atomic mass is 10.0. The first kappa shape index (κ1) is 43.7. The van der Waals surface area contributed by atoms with Gasteiger partial charge in [0.1, 0.15) is 0 Å². The Morgan fingerprint density at radius 2 is 0.860 bits per heavy atom. The summed E-state index contributed by atoms with van der Waals surface area (Å²) < 4.78 is 1.09. The molecule has 2 aromatic heterocycles. The molecular formula is C53H51BrN2S. The molecule has 9 rings (SSSR count). The molecule has 0 saturated heterocycles. The number of benzene rings is 7. The molecule has 0 bridgehead atoms. The van der Waals surface area contributed by atoms with Gasteiger partial charge in [-0.1, -0.05) is 242 Å². The van der Waals surface area contributed by atoms with E-state index in [1.165, 1.54) is 32.7 Å². The van der Waals surface area contributed by atoms with E-state index < -0.39 is 0 Å². The third kappa shape index (κ3) is 18.0.